The molecular weight excluding hydrogens is 356 g/mol. The van der Waals surface area contributed by atoms with Gasteiger partial charge in [0.1, 0.15) is 0 Å². The molecule has 4 nitrogen and oxygen atoms in total. The predicted molar refractivity (Wildman–Crippen MR) is 119 cm³/mol. The maximum absolute atomic E-state index is 4.73. The fourth-order valence-corrected chi connectivity index (χ4v) is 3.74. The van der Waals surface area contributed by atoms with E-state index in [2.05, 4.69) is 72.8 Å². The van der Waals surface area contributed by atoms with Crippen LogP contribution in [0.25, 0.3) is 21.8 Å². The lowest BCUT2D eigenvalue weighted by Gasteiger charge is -2.18. The van der Waals surface area contributed by atoms with Crippen molar-refractivity contribution in [1.29, 1.82) is 0 Å². The lowest BCUT2D eigenvalue weighted by molar-refractivity contribution is 0.302. The van der Waals surface area contributed by atoms with Crippen molar-refractivity contribution in [2.45, 2.75) is 40.8 Å². The second kappa shape index (κ2) is 10.1. The smallest absolute Gasteiger partial charge is 0.0784 e. The number of nitrogens with one attached hydrogen (secondary N) is 1. The summed E-state index contributed by atoms with van der Waals surface area (Å²) in [7, 11) is 0. The fourth-order valence-electron chi connectivity index (χ4n) is 3.74. The van der Waals surface area contributed by atoms with Crippen LogP contribution in [0.3, 0.4) is 0 Å². The first kappa shape index (κ1) is 21.7. The van der Waals surface area contributed by atoms with Gasteiger partial charge in [0.05, 0.1) is 11.2 Å². The van der Waals surface area contributed by atoms with Crippen molar-refractivity contribution in [3.8, 4) is 0 Å². The van der Waals surface area contributed by atoms with Gasteiger partial charge in [0, 0.05) is 48.7 Å². The van der Waals surface area contributed by atoms with Crippen LogP contribution in [0.15, 0.2) is 36.5 Å². The molecule has 0 atom stereocenters. The van der Waals surface area contributed by atoms with E-state index in [4.69, 9.17) is 4.98 Å². The number of nitrogens with zero attached hydrogens (tertiary/aromatic N) is 3. The van der Waals surface area contributed by atoms with Gasteiger partial charge in [-0.3, -0.25) is 4.98 Å². The molecule has 27 heavy (non-hydrogen) atoms. The van der Waals surface area contributed by atoms with Crippen molar-refractivity contribution in [3.05, 3.63) is 42.2 Å². The highest BCUT2D eigenvalue weighted by atomic mass is 35.5. The predicted octanol–water partition coefficient (Wildman–Crippen LogP) is 4.70. The zero-order valence-corrected chi connectivity index (χ0v) is 17.9. The van der Waals surface area contributed by atoms with Crippen molar-refractivity contribution in [2.24, 2.45) is 5.92 Å². The summed E-state index contributed by atoms with van der Waals surface area (Å²) in [5.74, 6) is 0.595. The van der Waals surface area contributed by atoms with Crippen molar-refractivity contribution >= 4 is 34.2 Å². The Labute approximate surface area is 169 Å². The van der Waals surface area contributed by atoms with Gasteiger partial charge in [0.15, 0.2) is 0 Å². The zero-order valence-electron chi connectivity index (χ0n) is 17.0. The monoisotopic (exact) mass is 388 g/mol. The van der Waals surface area contributed by atoms with E-state index < -0.39 is 0 Å². The lowest BCUT2D eigenvalue weighted by Crippen LogP contribution is -2.31. The van der Waals surface area contributed by atoms with Crippen LogP contribution in [0.1, 0.15) is 33.4 Å². The Bertz CT molecular complexity index is 852. The number of pyridine rings is 1. The van der Waals surface area contributed by atoms with Crippen LogP contribution in [0.2, 0.25) is 0 Å². The molecule has 0 spiro atoms. The summed E-state index contributed by atoms with van der Waals surface area (Å²) < 4.78 is 2.46. The number of aromatic nitrogens is 2. The molecule has 0 fully saturated rings. The maximum Gasteiger partial charge on any atom is 0.0784 e. The molecule has 148 valence electrons. The molecule has 3 rings (SSSR count). The Hall–Kier alpha value is -1.62. The number of rotatable bonds is 9. The van der Waals surface area contributed by atoms with Gasteiger partial charge in [-0.1, -0.05) is 45.9 Å². The average molecular weight is 389 g/mol. The molecule has 0 aliphatic carbocycles. The summed E-state index contributed by atoms with van der Waals surface area (Å²) in [5.41, 5.74) is 3.75. The maximum atomic E-state index is 4.73. The van der Waals surface area contributed by atoms with Crippen molar-refractivity contribution in [3.63, 3.8) is 0 Å². The van der Waals surface area contributed by atoms with E-state index in [0.717, 1.165) is 45.0 Å². The van der Waals surface area contributed by atoms with Gasteiger partial charge in [-0.2, -0.15) is 0 Å². The molecule has 0 radical (unpaired) electrons. The zero-order chi connectivity index (χ0) is 18.5. The van der Waals surface area contributed by atoms with E-state index in [1.807, 2.05) is 6.20 Å². The molecule has 2 aromatic heterocycles. The Kier molecular flexibility index (Phi) is 8.08. The Balaban J connectivity index is 0.00000261. The highest BCUT2D eigenvalue weighted by Gasteiger charge is 2.15. The summed E-state index contributed by atoms with van der Waals surface area (Å²) in [6, 6.07) is 10.9. The largest absolute Gasteiger partial charge is 0.339 e. The van der Waals surface area contributed by atoms with Crippen LogP contribution < -0.4 is 5.32 Å². The number of hydrogen-bond donors (Lipinski definition) is 1. The normalized spacial score (nSPS) is 11.6. The molecule has 1 N–H and O–H groups in total. The van der Waals surface area contributed by atoms with E-state index in [0.29, 0.717) is 5.92 Å². The molecule has 0 aliphatic rings. The molecular formula is C22H33ClN4. The molecule has 1 aromatic carbocycles. The molecule has 0 unspecified atom stereocenters. The van der Waals surface area contributed by atoms with Crippen molar-refractivity contribution in [1.82, 2.24) is 19.8 Å². The van der Waals surface area contributed by atoms with Gasteiger partial charge in [0.25, 0.3) is 0 Å². The van der Waals surface area contributed by atoms with Crippen LogP contribution in [-0.4, -0.2) is 40.6 Å². The van der Waals surface area contributed by atoms with Crippen LogP contribution >= 0.6 is 12.4 Å². The molecule has 0 saturated carbocycles. The van der Waals surface area contributed by atoms with E-state index in [-0.39, 0.29) is 12.4 Å². The van der Waals surface area contributed by atoms with E-state index in [1.165, 1.54) is 21.8 Å². The molecule has 0 saturated heterocycles. The Morgan fingerprint density at radius 3 is 2.52 bits per heavy atom. The second-order valence-electron chi connectivity index (χ2n) is 7.38. The van der Waals surface area contributed by atoms with Crippen LogP contribution in [0.4, 0.5) is 0 Å². The van der Waals surface area contributed by atoms with Gasteiger partial charge in [-0.25, -0.2) is 0 Å². The Morgan fingerprint density at radius 1 is 1.07 bits per heavy atom. The molecule has 0 aliphatic heterocycles. The van der Waals surface area contributed by atoms with Crippen LogP contribution in [0.5, 0.6) is 0 Å². The third-order valence-corrected chi connectivity index (χ3v) is 5.09. The van der Waals surface area contributed by atoms with Gasteiger partial charge in [-0.05, 0) is 31.1 Å². The van der Waals surface area contributed by atoms with Crippen molar-refractivity contribution in [2.75, 3.05) is 26.2 Å². The first-order valence-corrected chi connectivity index (χ1v) is 9.93. The van der Waals surface area contributed by atoms with Crippen LogP contribution in [-0.2, 0) is 13.1 Å². The molecule has 2 heterocycles. The highest BCUT2D eigenvalue weighted by Crippen LogP contribution is 2.31. The molecule has 5 heteroatoms. The van der Waals surface area contributed by atoms with Gasteiger partial charge in [-0.15, -0.1) is 12.4 Å². The number of halogens is 1. The second-order valence-corrected chi connectivity index (χ2v) is 7.38. The topological polar surface area (TPSA) is 33.1 Å². The van der Waals surface area contributed by atoms with Crippen molar-refractivity contribution < 1.29 is 0 Å². The van der Waals surface area contributed by atoms with Crippen LogP contribution in [0, 0.1) is 5.92 Å². The molecule has 0 bridgehead atoms. The summed E-state index contributed by atoms with van der Waals surface area (Å²) in [6.45, 7) is 15.1. The Morgan fingerprint density at radius 2 is 1.81 bits per heavy atom. The third-order valence-electron chi connectivity index (χ3n) is 5.09. The SMILES string of the molecule is CCN(CC)CCNCc1nccc2c3ccccc3n(CC(C)C)c12.Cl. The minimum Gasteiger partial charge on any atom is -0.339 e. The first-order valence-electron chi connectivity index (χ1n) is 9.93. The summed E-state index contributed by atoms with van der Waals surface area (Å²) in [5, 5.41) is 6.25. The van der Waals surface area contributed by atoms with Gasteiger partial charge < -0.3 is 14.8 Å². The third kappa shape index (κ3) is 4.81. The minimum atomic E-state index is 0. The highest BCUT2D eigenvalue weighted by molar-refractivity contribution is 6.08. The number of fused-ring (bicyclic) bond motifs is 3. The van der Waals surface area contributed by atoms with Gasteiger partial charge in [0.2, 0.25) is 0 Å². The standard InChI is InChI=1S/C22H32N4.ClH/c1-5-25(6-2)14-13-23-15-20-22-19(11-12-24-20)18-9-7-8-10-21(18)26(22)16-17(3)4;/h7-12,17,23H,5-6,13-16H2,1-4H3;1H. The number of likely N-dealkylation sites (N-methyl/N-ethyl adjacent to an activating group) is 1. The first-order chi connectivity index (χ1) is 12.7. The van der Waals surface area contributed by atoms with E-state index in [1.54, 1.807) is 0 Å². The lowest BCUT2D eigenvalue weighted by atomic mass is 10.1. The average Bonchev–Trinajstić information content (AvgIpc) is 2.96. The van der Waals surface area contributed by atoms with E-state index >= 15 is 0 Å². The quantitative estimate of drug-likeness (QED) is 0.539. The summed E-state index contributed by atoms with van der Waals surface area (Å²) in [4.78, 5) is 7.17. The number of benzene rings is 1. The summed E-state index contributed by atoms with van der Waals surface area (Å²) >= 11 is 0. The fraction of sp³-hybridized carbons (Fsp3) is 0.500. The number of hydrogen-bond acceptors (Lipinski definition) is 3. The van der Waals surface area contributed by atoms with Gasteiger partial charge >= 0.3 is 0 Å². The minimum absolute atomic E-state index is 0. The summed E-state index contributed by atoms with van der Waals surface area (Å²) in [6.07, 6.45) is 1.95. The van der Waals surface area contributed by atoms with E-state index in [9.17, 15) is 0 Å². The molecule has 0 amide bonds. The number of para-hydroxylation sites is 1. The molecule has 3 aromatic rings.